The number of nitrogens with zero attached hydrogens (tertiary/aromatic N) is 3. The van der Waals surface area contributed by atoms with Gasteiger partial charge >= 0.3 is 0 Å². The molecule has 0 aliphatic carbocycles. The zero-order valence-electron chi connectivity index (χ0n) is 13.3. The number of pyridine rings is 1. The van der Waals surface area contributed by atoms with Crippen LogP contribution in [0.25, 0.3) is 10.2 Å². The Kier molecular flexibility index (Phi) is 5.40. The molecule has 0 atom stereocenters. The van der Waals surface area contributed by atoms with Gasteiger partial charge in [0.2, 0.25) is 5.91 Å². The van der Waals surface area contributed by atoms with Gasteiger partial charge in [0.1, 0.15) is 11.3 Å². The van der Waals surface area contributed by atoms with Crippen molar-refractivity contribution in [2.75, 3.05) is 10.7 Å². The lowest BCUT2D eigenvalue weighted by Gasteiger charge is -2.19. The largest absolute Gasteiger partial charge is 0.288 e. The average molecular weight is 375 g/mol. The molecule has 128 valence electrons. The standard InChI is InChI=1S/C17H14FN3O2S2/c1-11(22)24-10-15(23)21(9-12-4-3-7-19-8-12)17-20-16-13(18)5-2-6-14(16)25-17/h2-8H,9-10H2,1H3. The normalized spacial score (nSPS) is 10.8. The Bertz CT molecular complexity index is 915. The van der Waals surface area contributed by atoms with E-state index in [0.717, 1.165) is 17.3 Å². The summed E-state index contributed by atoms with van der Waals surface area (Å²) in [6.45, 7) is 1.67. The number of anilines is 1. The molecule has 0 N–H and O–H groups in total. The minimum absolute atomic E-state index is 0.00794. The molecule has 1 amide bonds. The van der Waals surface area contributed by atoms with E-state index in [1.165, 1.54) is 29.2 Å². The lowest BCUT2D eigenvalue weighted by molar-refractivity contribution is -0.116. The van der Waals surface area contributed by atoms with E-state index in [4.69, 9.17) is 0 Å². The van der Waals surface area contributed by atoms with Crippen LogP contribution < -0.4 is 4.90 Å². The summed E-state index contributed by atoms with van der Waals surface area (Å²) in [4.78, 5) is 33.6. The molecule has 5 nitrogen and oxygen atoms in total. The number of benzene rings is 1. The van der Waals surface area contributed by atoms with E-state index in [2.05, 4.69) is 9.97 Å². The van der Waals surface area contributed by atoms with Gasteiger partial charge in [-0.25, -0.2) is 9.37 Å². The van der Waals surface area contributed by atoms with Crippen LogP contribution in [-0.4, -0.2) is 26.7 Å². The third-order valence-electron chi connectivity index (χ3n) is 3.35. The number of carbonyl (C=O) groups is 2. The average Bonchev–Trinajstić information content (AvgIpc) is 3.04. The van der Waals surface area contributed by atoms with Gasteiger partial charge in [-0.05, 0) is 23.8 Å². The first kappa shape index (κ1) is 17.5. The quantitative estimate of drug-likeness (QED) is 0.681. The molecule has 0 bridgehead atoms. The van der Waals surface area contributed by atoms with Crippen LogP contribution in [0.1, 0.15) is 12.5 Å². The van der Waals surface area contributed by atoms with Crippen molar-refractivity contribution < 1.29 is 14.0 Å². The van der Waals surface area contributed by atoms with E-state index in [1.54, 1.807) is 30.6 Å². The fourth-order valence-electron chi connectivity index (χ4n) is 2.20. The van der Waals surface area contributed by atoms with E-state index in [1.807, 2.05) is 6.07 Å². The van der Waals surface area contributed by atoms with Crippen LogP contribution in [0.4, 0.5) is 9.52 Å². The van der Waals surface area contributed by atoms with E-state index < -0.39 is 5.82 Å². The van der Waals surface area contributed by atoms with Crippen molar-refractivity contribution in [3.8, 4) is 0 Å². The van der Waals surface area contributed by atoms with Crippen LogP contribution in [0.2, 0.25) is 0 Å². The molecule has 0 saturated heterocycles. The number of rotatable bonds is 5. The highest BCUT2D eigenvalue weighted by molar-refractivity contribution is 8.14. The van der Waals surface area contributed by atoms with Crippen molar-refractivity contribution in [2.24, 2.45) is 0 Å². The zero-order chi connectivity index (χ0) is 17.8. The fraction of sp³-hybridized carbons (Fsp3) is 0.176. The second-order valence-corrected chi connectivity index (χ2v) is 7.37. The van der Waals surface area contributed by atoms with Gasteiger partial charge in [-0.1, -0.05) is 35.2 Å². The second-order valence-electron chi connectivity index (χ2n) is 5.20. The van der Waals surface area contributed by atoms with E-state index in [-0.39, 0.29) is 28.8 Å². The van der Waals surface area contributed by atoms with Gasteiger partial charge in [0.15, 0.2) is 10.2 Å². The summed E-state index contributed by atoms with van der Waals surface area (Å²) in [5, 5.41) is 0.267. The van der Waals surface area contributed by atoms with Gasteiger partial charge in [-0.15, -0.1) is 0 Å². The number of carbonyl (C=O) groups excluding carboxylic acids is 2. The van der Waals surface area contributed by atoms with E-state index in [9.17, 15) is 14.0 Å². The molecule has 0 spiro atoms. The number of aromatic nitrogens is 2. The Labute approximate surface area is 151 Å². The summed E-state index contributed by atoms with van der Waals surface area (Å²) in [6, 6.07) is 8.33. The van der Waals surface area contributed by atoms with Crippen molar-refractivity contribution in [1.82, 2.24) is 9.97 Å². The van der Waals surface area contributed by atoms with Crippen LogP contribution in [0.15, 0.2) is 42.7 Å². The number of para-hydroxylation sites is 1. The maximum Gasteiger partial charge on any atom is 0.239 e. The Hall–Kier alpha value is -2.32. The Morgan fingerprint density at radius 3 is 2.80 bits per heavy atom. The lowest BCUT2D eigenvalue weighted by Crippen LogP contribution is -2.32. The van der Waals surface area contributed by atoms with Crippen molar-refractivity contribution in [1.29, 1.82) is 0 Å². The summed E-state index contributed by atoms with van der Waals surface area (Å²) in [7, 11) is 0. The molecule has 8 heteroatoms. The van der Waals surface area contributed by atoms with Crippen LogP contribution in [-0.2, 0) is 16.1 Å². The number of halogens is 1. The van der Waals surface area contributed by atoms with Crippen molar-refractivity contribution in [3.63, 3.8) is 0 Å². The molecular formula is C17H14FN3O2S2. The van der Waals surface area contributed by atoms with Crippen LogP contribution in [0.3, 0.4) is 0 Å². The number of amides is 1. The third-order valence-corrected chi connectivity index (χ3v) is 5.19. The molecule has 2 aromatic heterocycles. The summed E-state index contributed by atoms with van der Waals surface area (Å²) >= 11 is 2.18. The molecular weight excluding hydrogens is 361 g/mol. The minimum atomic E-state index is -0.424. The number of hydrogen-bond acceptors (Lipinski definition) is 6. The summed E-state index contributed by atoms with van der Waals surface area (Å²) in [5.74, 6) is -0.677. The predicted octanol–water partition coefficient (Wildman–Crippen LogP) is 3.64. The first-order valence-corrected chi connectivity index (χ1v) is 9.22. The maximum absolute atomic E-state index is 13.9. The molecule has 0 aliphatic rings. The van der Waals surface area contributed by atoms with E-state index in [0.29, 0.717) is 9.83 Å². The van der Waals surface area contributed by atoms with Crippen molar-refractivity contribution in [2.45, 2.75) is 13.5 Å². The molecule has 3 aromatic rings. The number of fused-ring (bicyclic) bond motifs is 1. The molecule has 0 fully saturated rings. The molecule has 3 rings (SSSR count). The molecule has 0 saturated carbocycles. The van der Waals surface area contributed by atoms with Gasteiger partial charge < -0.3 is 0 Å². The highest BCUT2D eigenvalue weighted by Gasteiger charge is 2.21. The number of thioether (sulfide) groups is 1. The van der Waals surface area contributed by atoms with Crippen molar-refractivity contribution >= 4 is 49.5 Å². The van der Waals surface area contributed by atoms with E-state index >= 15 is 0 Å². The first-order chi connectivity index (χ1) is 12.0. The van der Waals surface area contributed by atoms with Gasteiger partial charge in [-0.3, -0.25) is 19.5 Å². The topological polar surface area (TPSA) is 63.2 Å². The molecule has 25 heavy (non-hydrogen) atoms. The highest BCUT2D eigenvalue weighted by atomic mass is 32.2. The fourth-order valence-corrected chi connectivity index (χ4v) is 3.68. The van der Waals surface area contributed by atoms with Gasteiger partial charge in [-0.2, -0.15) is 0 Å². The SMILES string of the molecule is CC(=O)SCC(=O)N(Cc1cccnc1)c1nc2c(F)cccc2s1. The van der Waals surface area contributed by atoms with Gasteiger partial charge in [0.05, 0.1) is 17.0 Å². The molecule has 0 aliphatic heterocycles. The van der Waals surface area contributed by atoms with Crippen molar-refractivity contribution in [3.05, 3.63) is 54.1 Å². The Morgan fingerprint density at radius 2 is 2.12 bits per heavy atom. The van der Waals surface area contributed by atoms with Crippen LogP contribution >= 0.6 is 23.1 Å². The van der Waals surface area contributed by atoms with Crippen LogP contribution in [0, 0.1) is 5.82 Å². The monoisotopic (exact) mass is 375 g/mol. The second kappa shape index (κ2) is 7.71. The van der Waals surface area contributed by atoms with Gasteiger partial charge in [0, 0.05) is 19.3 Å². The highest BCUT2D eigenvalue weighted by Crippen LogP contribution is 2.31. The molecule has 2 heterocycles. The van der Waals surface area contributed by atoms with Gasteiger partial charge in [0.25, 0.3) is 0 Å². The zero-order valence-corrected chi connectivity index (χ0v) is 14.9. The maximum atomic E-state index is 13.9. The predicted molar refractivity (Wildman–Crippen MR) is 98.1 cm³/mol. The van der Waals surface area contributed by atoms with Crippen LogP contribution in [0.5, 0.6) is 0 Å². The summed E-state index contributed by atoms with van der Waals surface area (Å²) in [6.07, 6.45) is 3.31. The number of hydrogen-bond donors (Lipinski definition) is 0. The first-order valence-electron chi connectivity index (χ1n) is 7.42. The Balaban J connectivity index is 1.95. The minimum Gasteiger partial charge on any atom is -0.288 e. The summed E-state index contributed by atoms with van der Waals surface area (Å²) in [5.41, 5.74) is 1.06. The lowest BCUT2D eigenvalue weighted by atomic mass is 10.2. The number of thiazole rings is 1. The smallest absolute Gasteiger partial charge is 0.239 e. The third kappa shape index (κ3) is 4.21. The molecule has 0 radical (unpaired) electrons. The Morgan fingerprint density at radius 1 is 1.28 bits per heavy atom. The molecule has 0 unspecified atom stereocenters. The summed E-state index contributed by atoms with van der Waals surface area (Å²) < 4.78 is 14.6. The molecule has 1 aromatic carbocycles.